The lowest BCUT2D eigenvalue weighted by Crippen LogP contribution is -2.48. The molecule has 1 unspecified atom stereocenters. The van der Waals surface area contributed by atoms with E-state index in [1.165, 1.54) is 6.07 Å². The van der Waals surface area contributed by atoms with E-state index in [4.69, 9.17) is 5.73 Å². The number of alkyl halides is 3. The number of nitrogens with two attached hydrogens (primary N) is 1. The number of carbonyl (C=O) groups excluding carboxylic acids is 1. The number of amides is 1. The zero-order valence-electron chi connectivity index (χ0n) is 13.8. The van der Waals surface area contributed by atoms with Crippen LogP contribution in [0.25, 0.3) is 11.3 Å². The summed E-state index contributed by atoms with van der Waals surface area (Å²) < 4.78 is 38.8. The first-order valence-electron chi connectivity index (χ1n) is 8.07. The highest BCUT2D eigenvalue weighted by molar-refractivity contribution is 5.95. The highest BCUT2D eigenvalue weighted by atomic mass is 19.4. The van der Waals surface area contributed by atoms with E-state index in [2.05, 4.69) is 4.98 Å². The molecule has 1 aromatic heterocycles. The third kappa shape index (κ3) is 3.42. The molecule has 1 amide bonds. The van der Waals surface area contributed by atoms with E-state index < -0.39 is 30.7 Å². The number of halogens is 3. The summed E-state index contributed by atoms with van der Waals surface area (Å²) in [5.41, 5.74) is 5.17. The van der Waals surface area contributed by atoms with Crippen LogP contribution in [0.15, 0.2) is 42.6 Å². The van der Waals surface area contributed by atoms with Crippen LogP contribution in [0, 0.1) is 0 Å². The van der Waals surface area contributed by atoms with Crippen LogP contribution in [0.2, 0.25) is 0 Å². The van der Waals surface area contributed by atoms with Crippen LogP contribution >= 0.6 is 0 Å². The Morgan fingerprint density at radius 1 is 1.31 bits per heavy atom. The number of benzene rings is 1. The number of hydrogen-bond donors (Lipinski definition) is 2. The number of β-amino-alcohol motifs (C(OH)–C–C–N with tert-alkyl or cyclic N) is 1. The molecular weight excluding hydrogens is 347 g/mol. The molecule has 0 saturated carbocycles. The normalized spacial score (nSPS) is 20.4. The molecule has 1 aliphatic heterocycles. The van der Waals surface area contributed by atoms with Gasteiger partial charge in [-0.15, -0.1) is 0 Å². The van der Waals surface area contributed by atoms with E-state index in [1.807, 2.05) is 0 Å². The summed E-state index contributed by atoms with van der Waals surface area (Å²) in [6, 6.07) is 10.1. The van der Waals surface area contributed by atoms with Gasteiger partial charge in [0.1, 0.15) is 0 Å². The quantitative estimate of drug-likeness (QED) is 0.875. The minimum atomic E-state index is -4.77. The number of carbonyl (C=O) groups is 1. The largest absolute Gasteiger partial charge is 0.419 e. The van der Waals surface area contributed by atoms with Crippen molar-refractivity contribution in [2.45, 2.75) is 24.7 Å². The number of rotatable bonds is 3. The summed E-state index contributed by atoms with van der Waals surface area (Å²) in [5.74, 6) is -0.554. The molecule has 2 aromatic rings. The minimum absolute atomic E-state index is 0.153. The SMILES string of the molecule is NCc1ccnc(-c2cccc(C(=O)N3CCC(O)(C(F)(F)F)C3)c2)c1. The number of likely N-dealkylation sites (tertiary alicyclic amines) is 1. The molecular formula is C18H18F3N3O2. The van der Waals surface area contributed by atoms with E-state index in [1.54, 1.807) is 36.5 Å². The van der Waals surface area contributed by atoms with Gasteiger partial charge in [0, 0.05) is 36.8 Å². The summed E-state index contributed by atoms with van der Waals surface area (Å²) in [5, 5.41) is 9.74. The topological polar surface area (TPSA) is 79.5 Å². The van der Waals surface area contributed by atoms with Gasteiger partial charge in [-0.2, -0.15) is 13.2 Å². The number of hydrogen-bond acceptors (Lipinski definition) is 4. The van der Waals surface area contributed by atoms with Gasteiger partial charge in [-0.05, 0) is 29.8 Å². The second-order valence-corrected chi connectivity index (χ2v) is 6.34. The third-order valence-electron chi connectivity index (χ3n) is 4.53. The van der Waals surface area contributed by atoms with E-state index >= 15 is 0 Å². The smallest absolute Gasteiger partial charge is 0.379 e. The Kier molecular flexibility index (Phi) is 4.72. The van der Waals surface area contributed by atoms with Crippen molar-refractivity contribution in [3.8, 4) is 11.3 Å². The van der Waals surface area contributed by atoms with Crippen molar-refractivity contribution < 1.29 is 23.1 Å². The van der Waals surface area contributed by atoms with Gasteiger partial charge in [-0.25, -0.2) is 0 Å². The molecule has 0 aliphatic carbocycles. The number of nitrogens with zero attached hydrogens (tertiary/aromatic N) is 2. The fourth-order valence-corrected chi connectivity index (χ4v) is 2.95. The predicted octanol–water partition coefficient (Wildman–Crippen LogP) is 2.35. The Morgan fingerprint density at radius 3 is 2.73 bits per heavy atom. The van der Waals surface area contributed by atoms with Crippen LogP contribution in [0.3, 0.4) is 0 Å². The van der Waals surface area contributed by atoms with Gasteiger partial charge in [-0.3, -0.25) is 9.78 Å². The van der Waals surface area contributed by atoms with E-state index in [-0.39, 0.29) is 12.1 Å². The average molecular weight is 365 g/mol. The van der Waals surface area contributed by atoms with Gasteiger partial charge in [0.05, 0.1) is 12.2 Å². The van der Waals surface area contributed by atoms with Crippen LogP contribution in [-0.2, 0) is 6.54 Å². The summed E-state index contributed by atoms with van der Waals surface area (Å²) >= 11 is 0. The van der Waals surface area contributed by atoms with Crippen molar-refractivity contribution in [2.24, 2.45) is 5.73 Å². The zero-order chi connectivity index (χ0) is 18.9. The van der Waals surface area contributed by atoms with Crippen molar-refractivity contribution in [1.82, 2.24) is 9.88 Å². The van der Waals surface area contributed by atoms with Gasteiger partial charge in [0.25, 0.3) is 5.91 Å². The first kappa shape index (κ1) is 18.3. The molecule has 8 heteroatoms. The summed E-state index contributed by atoms with van der Waals surface area (Å²) in [6.45, 7) is -0.571. The third-order valence-corrected chi connectivity index (χ3v) is 4.53. The first-order chi connectivity index (χ1) is 12.2. The van der Waals surface area contributed by atoms with Gasteiger partial charge < -0.3 is 15.7 Å². The van der Waals surface area contributed by atoms with Crippen LogP contribution in [-0.4, -0.2) is 45.8 Å². The first-order valence-corrected chi connectivity index (χ1v) is 8.07. The minimum Gasteiger partial charge on any atom is -0.379 e. The Hall–Kier alpha value is -2.45. The van der Waals surface area contributed by atoms with E-state index in [0.29, 0.717) is 17.8 Å². The molecule has 138 valence electrons. The maximum atomic E-state index is 12.9. The van der Waals surface area contributed by atoms with Gasteiger partial charge in [-0.1, -0.05) is 12.1 Å². The summed E-state index contributed by atoms with van der Waals surface area (Å²) in [7, 11) is 0. The highest BCUT2D eigenvalue weighted by Gasteiger charge is 2.57. The van der Waals surface area contributed by atoms with E-state index in [0.717, 1.165) is 10.5 Å². The van der Waals surface area contributed by atoms with Crippen molar-refractivity contribution in [2.75, 3.05) is 13.1 Å². The number of aromatic nitrogens is 1. The predicted molar refractivity (Wildman–Crippen MR) is 89.1 cm³/mol. The Bertz CT molecular complexity index is 825. The number of pyridine rings is 1. The average Bonchev–Trinajstić information content (AvgIpc) is 3.05. The molecule has 1 aromatic carbocycles. The molecule has 0 bridgehead atoms. The highest BCUT2D eigenvalue weighted by Crippen LogP contribution is 2.38. The van der Waals surface area contributed by atoms with Crippen molar-refractivity contribution in [3.05, 3.63) is 53.7 Å². The van der Waals surface area contributed by atoms with Crippen molar-refractivity contribution in [1.29, 1.82) is 0 Å². The van der Waals surface area contributed by atoms with Crippen LogP contribution in [0.5, 0.6) is 0 Å². The molecule has 2 heterocycles. The van der Waals surface area contributed by atoms with Crippen molar-refractivity contribution >= 4 is 5.91 Å². The molecule has 1 fully saturated rings. The Balaban J connectivity index is 1.83. The number of aliphatic hydroxyl groups is 1. The maximum absolute atomic E-state index is 12.9. The second kappa shape index (κ2) is 6.69. The molecule has 1 aliphatic rings. The maximum Gasteiger partial charge on any atom is 0.419 e. The molecule has 5 nitrogen and oxygen atoms in total. The monoisotopic (exact) mass is 365 g/mol. The lowest BCUT2D eigenvalue weighted by atomic mass is 10.0. The fourth-order valence-electron chi connectivity index (χ4n) is 2.95. The zero-order valence-corrected chi connectivity index (χ0v) is 13.8. The van der Waals surface area contributed by atoms with Crippen molar-refractivity contribution in [3.63, 3.8) is 0 Å². The van der Waals surface area contributed by atoms with Gasteiger partial charge in [0.15, 0.2) is 5.60 Å². The van der Waals surface area contributed by atoms with Crippen LogP contribution < -0.4 is 5.73 Å². The van der Waals surface area contributed by atoms with Crippen LogP contribution in [0.4, 0.5) is 13.2 Å². The Labute approximate surface area is 148 Å². The molecule has 3 rings (SSSR count). The van der Waals surface area contributed by atoms with Crippen LogP contribution in [0.1, 0.15) is 22.3 Å². The Morgan fingerprint density at radius 2 is 2.08 bits per heavy atom. The standard InChI is InChI=1S/C18H18F3N3O2/c19-18(20,21)17(26)5-7-24(11-17)16(25)14-3-1-2-13(9-14)15-8-12(10-22)4-6-23-15/h1-4,6,8-9,26H,5,7,10-11,22H2. The fraction of sp³-hybridized carbons (Fsp3) is 0.333. The summed E-state index contributed by atoms with van der Waals surface area (Å²) in [6.07, 6.45) is -3.69. The molecule has 0 spiro atoms. The molecule has 26 heavy (non-hydrogen) atoms. The molecule has 1 atom stereocenters. The lowest BCUT2D eigenvalue weighted by molar-refractivity contribution is -0.253. The lowest BCUT2D eigenvalue weighted by Gasteiger charge is -2.26. The molecule has 0 radical (unpaired) electrons. The second-order valence-electron chi connectivity index (χ2n) is 6.34. The van der Waals surface area contributed by atoms with E-state index in [9.17, 15) is 23.1 Å². The van der Waals surface area contributed by atoms with Gasteiger partial charge in [0.2, 0.25) is 0 Å². The molecule has 1 saturated heterocycles. The summed E-state index contributed by atoms with van der Waals surface area (Å²) in [4.78, 5) is 17.8. The van der Waals surface area contributed by atoms with Gasteiger partial charge >= 0.3 is 6.18 Å². The molecule has 3 N–H and O–H groups in total.